The first-order valence-corrected chi connectivity index (χ1v) is 23.4. The van der Waals surface area contributed by atoms with Crippen LogP contribution in [0.25, 0.3) is 76.8 Å². The molecule has 0 N–H and O–H groups in total. The summed E-state index contributed by atoms with van der Waals surface area (Å²) in [7, 11) is 0. The predicted octanol–water partition coefficient (Wildman–Crippen LogP) is 17.9. The van der Waals surface area contributed by atoms with Crippen LogP contribution < -0.4 is 9.80 Å². The summed E-state index contributed by atoms with van der Waals surface area (Å²) in [6.07, 6.45) is 0. The largest absolute Gasteiger partial charge is 0.308 e. The molecule has 0 aliphatic carbocycles. The second-order valence-electron chi connectivity index (χ2n) is 17.5. The molecule has 12 rings (SSSR count). The van der Waals surface area contributed by atoms with Gasteiger partial charge in [0.05, 0.1) is 33.9 Å². The maximum Gasteiger partial charge on any atom is 0.101 e. The lowest BCUT2D eigenvalue weighted by molar-refractivity contribution is 1.28. The zero-order valence-corrected chi connectivity index (χ0v) is 38.0. The lowest BCUT2D eigenvalue weighted by Crippen LogP contribution is -2.13. The Bertz CT molecular complexity index is 3590. The fourth-order valence-corrected chi connectivity index (χ4v) is 10.2. The maximum absolute atomic E-state index is 10.7. The zero-order chi connectivity index (χ0) is 47.0. The average molecular weight is 891 g/mol. The van der Waals surface area contributed by atoms with Crippen LogP contribution in [0, 0.1) is 22.7 Å². The summed E-state index contributed by atoms with van der Waals surface area (Å²) in [5.74, 6) is 0. The average Bonchev–Trinajstić information content (AvgIpc) is 3.44. The molecule has 0 aliphatic rings. The minimum absolute atomic E-state index is 0.571. The number of nitrogens with zero attached hydrogens (tertiary/aromatic N) is 4. The smallest absolute Gasteiger partial charge is 0.101 e. The molecule has 0 aliphatic heterocycles. The molecule has 4 nitrogen and oxygen atoms in total. The summed E-state index contributed by atoms with van der Waals surface area (Å²) in [4.78, 5) is 4.53. The maximum atomic E-state index is 10.7. The van der Waals surface area contributed by atoms with E-state index >= 15 is 0 Å². The third-order valence-corrected chi connectivity index (χ3v) is 13.4. The lowest BCUT2D eigenvalue weighted by atomic mass is 9.91. The van der Waals surface area contributed by atoms with Crippen LogP contribution in [0.1, 0.15) is 11.1 Å². The number of hydrogen-bond donors (Lipinski definition) is 0. The third kappa shape index (κ3) is 7.44. The Hall–Kier alpha value is -9.74. The number of hydrogen-bond acceptors (Lipinski definition) is 4. The van der Waals surface area contributed by atoms with Gasteiger partial charge in [0.2, 0.25) is 0 Å². The SMILES string of the molecule is N#Cc1ccccc1N(c1cc(-c2ccccc2)cc(-c2ccccc2)c1)c1ccc2ccc3c(N(c4cc(-c5ccccc5)cc(-c5ccccc5)c4)c4ccccc4C#N)ccc4ccc1c2c43. The first-order chi connectivity index (χ1) is 34.6. The number of rotatable bonds is 10. The van der Waals surface area contributed by atoms with Crippen molar-refractivity contribution in [1.29, 1.82) is 10.5 Å². The van der Waals surface area contributed by atoms with Gasteiger partial charge in [0.15, 0.2) is 0 Å². The van der Waals surface area contributed by atoms with Gasteiger partial charge in [-0.25, -0.2) is 0 Å². The minimum Gasteiger partial charge on any atom is -0.308 e. The normalized spacial score (nSPS) is 11.1. The van der Waals surface area contributed by atoms with Gasteiger partial charge in [-0.3, -0.25) is 0 Å². The fourth-order valence-electron chi connectivity index (χ4n) is 10.2. The molecule has 0 bridgehead atoms. The second kappa shape index (κ2) is 17.8. The molecule has 0 saturated heterocycles. The Kier molecular flexibility index (Phi) is 10.6. The van der Waals surface area contributed by atoms with Gasteiger partial charge < -0.3 is 9.80 Å². The highest BCUT2D eigenvalue weighted by atomic mass is 15.2. The monoisotopic (exact) mass is 890 g/mol. The summed E-state index contributed by atoms with van der Waals surface area (Å²) in [6, 6.07) is 93.9. The van der Waals surface area contributed by atoms with E-state index in [2.05, 4.69) is 204 Å². The third-order valence-electron chi connectivity index (χ3n) is 13.4. The van der Waals surface area contributed by atoms with Crippen molar-refractivity contribution in [2.45, 2.75) is 0 Å². The van der Waals surface area contributed by atoms with E-state index in [0.717, 1.165) is 111 Å². The summed E-state index contributed by atoms with van der Waals surface area (Å²) in [6.45, 7) is 0. The van der Waals surface area contributed by atoms with E-state index in [-0.39, 0.29) is 0 Å². The van der Waals surface area contributed by atoms with Crippen LogP contribution in [-0.2, 0) is 0 Å². The van der Waals surface area contributed by atoms with Crippen molar-refractivity contribution in [3.8, 4) is 56.6 Å². The molecule has 0 spiro atoms. The van der Waals surface area contributed by atoms with Crippen LogP contribution in [0.2, 0.25) is 0 Å². The number of anilines is 6. The molecule has 0 saturated carbocycles. The van der Waals surface area contributed by atoms with Crippen molar-refractivity contribution in [2.24, 2.45) is 0 Å². The topological polar surface area (TPSA) is 54.1 Å². The van der Waals surface area contributed by atoms with Gasteiger partial charge in [0, 0.05) is 22.1 Å². The van der Waals surface area contributed by atoms with Crippen molar-refractivity contribution in [1.82, 2.24) is 0 Å². The van der Waals surface area contributed by atoms with Crippen molar-refractivity contribution in [3.05, 3.63) is 266 Å². The van der Waals surface area contributed by atoms with E-state index in [4.69, 9.17) is 0 Å². The number of benzene rings is 12. The van der Waals surface area contributed by atoms with Crippen molar-refractivity contribution < 1.29 is 0 Å². The van der Waals surface area contributed by atoms with E-state index in [0.29, 0.717) is 11.1 Å². The quantitative estimate of drug-likeness (QED) is 0.128. The fraction of sp³-hybridized carbons (Fsp3) is 0. The van der Waals surface area contributed by atoms with Crippen LogP contribution in [0.3, 0.4) is 0 Å². The van der Waals surface area contributed by atoms with Gasteiger partial charge >= 0.3 is 0 Å². The molecule has 0 unspecified atom stereocenters. The Balaban J connectivity index is 1.13. The molecule has 4 heteroatoms. The van der Waals surface area contributed by atoms with Crippen LogP contribution >= 0.6 is 0 Å². The highest BCUT2D eigenvalue weighted by molar-refractivity contribution is 6.28. The van der Waals surface area contributed by atoms with E-state index in [1.165, 1.54) is 0 Å². The van der Waals surface area contributed by atoms with Crippen molar-refractivity contribution in [3.63, 3.8) is 0 Å². The Morgan fingerprint density at radius 3 is 0.886 bits per heavy atom. The predicted molar refractivity (Wildman–Crippen MR) is 291 cm³/mol. The first-order valence-electron chi connectivity index (χ1n) is 23.4. The van der Waals surface area contributed by atoms with Crippen LogP contribution in [0.5, 0.6) is 0 Å². The van der Waals surface area contributed by atoms with E-state index < -0.39 is 0 Å². The summed E-state index contributed by atoms with van der Waals surface area (Å²) < 4.78 is 0. The van der Waals surface area contributed by atoms with Crippen molar-refractivity contribution in [2.75, 3.05) is 9.80 Å². The molecule has 0 atom stereocenters. The minimum atomic E-state index is 0.571. The Morgan fingerprint density at radius 1 is 0.257 bits per heavy atom. The van der Waals surface area contributed by atoms with Gasteiger partial charge in [-0.15, -0.1) is 0 Å². The van der Waals surface area contributed by atoms with Crippen LogP contribution in [0.15, 0.2) is 255 Å². The Labute approximate surface area is 407 Å². The zero-order valence-electron chi connectivity index (χ0n) is 38.0. The molecular formula is C66H42N4. The molecule has 0 aromatic heterocycles. The van der Waals surface area contributed by atoms with Crippen LogP contribution in [0.4, 0.5) is 34.1 Å². The molecular weight excluding hydrogens is 849 g/mol. The van der Waals surface area contributed by atoms with Gasteiger partial charge in [0.25, 0.3) is 0 Å². The van der Waals surface area contributed by atoms with Crippen molar-refractivity contribution >= 4 is 66.4 Å². The second-order valence-corrected chi connectivity index (χ2v) is 17.5. The Morgan fingerprint density at radius 2 is 0.557 bits per heavy atom. The number of para-hydroxylation sites is 2. The number of nitriles is 2. The highest BCUT2D eigenvalue weighted by Crippen LogP contribution is 2.50. The van der Waals surface area contributed by atoms with Gasteiger partial charge in [-0.1, -0.05) is 182 Å². The summed E-state index contributed by atoms with van der Waals surface area (Å²) >= 11 is 0. The van der Waals surface area contributed by atoms with Crippen LogP contribution in [-0.4, -0.2) is 0 Å². The van der Waals surface area contributed by atoms with Gasteiger partial charge in [-0.2, -0.15) is 10.5 Å². The molecule has 0 amide bonds. The van der Waals surface area contributed by atoms with E-state index in [1.54, 1.807) is 0 Å². The summed E-state index contributed by atoms with van der Waals surface area (Å²) in [5, 5.41) is 28.0. The molecule has 0 radical (unpaired) electrons. The first kappa shape index (κ1) is 41.7. The molecule has 326 valence electrons. The standard InChI is InChI=1S/C66H42N4/c67-43-51-25-13-15-27-61(51)69(57-39-53(45-17-5-1-6-18-45)37-54(40-57)46-19-7-2-8-20-46)63-35-31-49-30-34-60-64(36-32-50-29-33-59(63)65(49)66(50)60)70(62-28-16-14-26-52(62)44-68)58-41-55(47-21-9-3-10-22-47)38-56(42-58)48-23-11-4-12-24-48/h1-42H. The molecule has 0 heterocycles. The summed E-state index contributed by atoms with van der Waals surface area (Å²) in [5.41, 5.74) is 15.2. The van der Waals surface area contributed by atoms with E-state index in [9.17, 15) is 10.5 Å². The van der Waals surface area contributed by atoms with E-state index in [1.807, 2.05) is 72.8 Å². The highest BCUT2D eigenvalue weighted by Gasteiger charge is 2.25. The lowest BCUT2D eigenvalue weighted by Gasteiger charge is -2.30. The van der Waals surface area contributed by atoms with Gasteiger partial charge in [0.1, 0.15) is 12.1 Å². The molecule has 12 aromatic rings. The molecule has 12 aromatic carbocycles. The molecule has 70 heavy (non-hydrogen) atoms. The molecule has 0 fully saturated rings. The van der Waals surface area contributed by atoms with Gasteiger partial charge in [-0.05, 0) is 139 Å².